The molecule has 0 aliphatic heterocycles. The lowest BCUT2D eigenvalue weighted by molar-refractivity contribution is 0.387. The Morgan fingerprint density at radius 2 is 2.00 bits per heavy atom. The van der Waals surface area contributed by atoms with E-state index in [9.17, 15) is 8.42 Å². The highest BCUT2D eigenvalue weighted by atomic mass is 32.2. The van der Waals surface area contributed by atoms with Gasteiger partial charge < -0.3 is 14.0 Å². The Kier molecular flexibility index (Phi) is 5.27. The summed E-state index contributed by atoms with van der Waals surface area (Å²) in [6.07, 6.45) is 3.35. The predicted molar refractivity (Wildman–Crippen MR) is 86.1 cm³/mol. The normalized spacial score (nSPS) is 11.7. The first-order chi connectivity index (χ1) is 10.9. The van der Waals surface area contributed by atoms with Crippen LogP contribution in [0, 0.1) is 0 Å². The largest absolute Gasteiger partial charge is 0.497 e. The van der Waals surface area contributed by atoms with Gasteiger partial charge in [-0.05, 0) is 19.1 Å². The molecular formula is C15H21N3O4S. The van der Waals surface area contributed by atoms with E-state index in [1.54, 1.807) is 24.7 Å². The SMILES string of the molecule is CCn1cncc1CN(C)S(=O)(=O)c1cc(OC)ccc1OC. The van der Waals surface area contributed by atoms with Crippen LogP contribution in [0.1, 0.15) is 12.6 Å². The number of imidazole rings is 1. The molecule has 0 fully saturated rings. The minimum absolute atomic E-state index is 0.0735. The fourth-order valence-electron chi connectivity index (χ4n) is 2.23. The van der Waals surface area contributed by atoms with Crippen molar-refractivity contribution in [2.45, 2.75) is 24.9 Å². The molecule has 23 heavy (non-hydrogen) atoms. The van der Waals surface area contributed by atoms with Crippen molar-refractivity contribution in [3.8, 4) is 11.5 Å². The van der Waals surface area contributed by atoms with E-state index in [0.717, 1.165) is 12.2 Å². The summed E-state index contributed by atoms with van der Waals surface area (Å²) in [6, 6.07) is 4.70. The molecule has 2 aromatic rings. The van der Waals surface area contributed by atoms with Crippen LogP contribution in [0.15, 0.2) is 35.6 Å². The van der Waals surface area contributed by atoms with E-state index in [1.165, 1.54) is 31.6 Å². The minimum Gasteiger partial charge on any atom is -0.497 e. The summed E-state index contributed by atoms with van der Waals surface area (Å²) in [5.41, 5.74) is 0.820. The summed E-state index contributed by atoms with van der Waals surface area (Å²) in [4.78, 5) is 4.13. The van der Waals surface area contributed by atoms with Gasteiger partial charge in [-0.2, -0.15) is 4.31 Å². The van der Waals surface area contributed by atoms with Crippen LogP contribution >= 0.6 is 0 Å². The van der Waals surface area contributed by atoms with Crippen molar-refractivity contribution in [3.05, 3.63) is 36.4 Å². The van der Waals surface area contributed by atoms with Crippen molar-refractivity contribution in [3.63, 3.8) is 0 Å². The summed E-state index contributed by atoms with van der Waals surface area (Å²) >= 11 is 0. The number of hydrogen-bond acceptors (Lipinski definition) is 5. The number of sulfonamides is 1. The van der Waals surface area contributed by atoms with Gasteiger partial charge in [0, 0.05) is 25.9 Å². The number of benzene rings is 1. The lowest BCUT2D eigenvalue weighted by Gasteiger charge is -2.19. The summed E-state index contributed by atoms with van der Waals surface area (Å²) < 4.78 is 39.2. The smallest absolute Gasteiger partial charge is 0.246 e. The van der Waals surface area contributed by atoms with E-state index in [0.29, 0.717) is 5.75 Å². The van der Waals surface area contributed by atoms with Crippen LogP contribution < -0.4 is 9.47 Å². The molecule has 1 aromatic carbocycles. The number of hydrogen-bond donors (Lipinski definition) is 0. The molecule has 0 aliphatic carbocycles. The monoisotopic (exact) mass is 339 g/mol. The number of aromatic nitrogens is 2. The predicted octanol–water partition coefficient (Wildman–Crippen LogP) is 1.74. The van der Waals surface area contributed by atoms with Crippen molar-refractivity contribution in [2.24, 2.45) is 0 Å². The molecule has 1 aromatic heterocycles. The molecular weight excluding hydrogens is 318 g/mol. The molecule has 0 amide bonds. The molecule has 0 aliphatic rings. The highest BCUT2D eigenvalue weighted by molar-refractivity contribution is 7.89. The Hall–Kier alpha value is -2.06. The average Bonchev–Trinajstić information content (AvgIpc) is 3.01. The second-order valence-electron chi connectivity index (χ2n) is 4.95. The van der Waals surface area contributed by atoms with E-state index in [-0.39, 0.29) is 17.2 Å². The quantitative estimate of drug-likeness (QED) is 0.768. The van der Waals surface area contributed by atoms with Crippen LogP contribution in [-0.2, 0) is 23.1 Å². The van der Waals surface area contributed by atoms with Gasteiger partial charge in [-0.15, -0.1) is 0 Å². The third kappa shape index (κ3) is 3.48. The summed E-state index contributed by atoms with van der Waals surface area (Å²) in [7, 11) is 0.726. The maximum absolute atomic E-state index is 12.9. The Morgan fingerprint density at radius 3 is 2.61 bits per heavy atom. The maximum atomic E-state index is 12.9. The zero-order valence-corrected chi connectivity index (χ0v) is 14.5. The third-order valence-corrected chi connectivity index (χ3v) is 5.41. The van der Waals surface area contributed by atoms with Crippen molar-refractivity contribution in [2.75, 3.05) is 21.3 Å². The molecule has 7 nitrogen and oxygen atoms in total. The number of nitrogens with zero attached hydrogens (tertiary/aromatic N) is 3. The van der Waals surface area contributed by atoms with Crippen LogP contribution in [0.3, 0.4) is 0 Å². The van der Waals surface area contributed by atoms with Crippen molar-refractivity contribution < 1.29 is 17.9 Å². The first kappa shape index (κ1) is 17.3. The number of rotatable bonds is 7. The first-order valence-corrected chi connectivity index (χ1v) is 8.55. The number of aryl methyl sites for hydroxylation is 1. The molecule has 0 saturated heterocycles. The van der Waals surface area contributed by atoms with E-state index in [2.05, 4.69) is 4.98 Å². The topological polar surface area (TPSA) is 73.7 Å². The van der Waals surface area contributed by atoms with Gasteiger partial charge in [0.2, 0.25) is 10.0 Å². The Labute approximate surface area is 136 Å². The Bertz CT molecular complexity index is 771. The Morgan fingerprint density at radius 1 is 1.26 bits per heavy atom. The van der Waals surface area contributed by atoms with E-state index < -0.39 is 10.0 Å². The molecule has 8 heteroatoms. The lowest BCUT2D eigenvalue weighted by atomic mass is 10.3. The zero-order valence-electron chi connectivity index (χ0n) is 13.7. The van der Waals surface area contributed by atoms with Gasteiger partial charge in [0.15, 0.2) is 0 Å². The molecule has 126 valence electrons. The first-order valence-electron chi connectivity index (χ1n) is 7.11. The molecule has 0 unspecified atom stereocenters. The van der Waals surface area contributed by atoms with Gasteiger partial charge in [0.1, 0.15) is 16.4 Å². The van der Waals surface area contributed by atoms with Gasteiger partial charge in [0.05, 0.1) is 32.8 Å². The molecule has 0 saturated carbocycles. The van der Waals surface area contributed by atoms with E-state index in [1.807, 2.05) is 11.5 Å². The minimum atomic E-state index is -3.73. The fourth-order valence-corrected chi connectivity index (χ4v) is 3.54. The molecule has 0 spiro atoms. The third-order valence-electron chi connectivity index (χ3n) is 3.58. The van der Waals surface area contributed by atoms with Crippen molar-refractivity contribution in [1.82, 2.24) is 13.9 Å². The Balaban J connectivity index is 2.37. The second-order valence-corrected chi connectivity index (χ2v) is 6.96. The molecule has 2 rings (SSSR count). The van der Waals surface area contributed by atoms with Crippen LogP contribution in [0.2, 0.25) is 0 Å². The zero-order chi connectivity index (χ0) is 17.0. The summed E-state index contributed by atoms with van der Waals surface area (Å²) in [5, 5.41) is 0. The van der Waals surface area contributed by atoms with Gasteiger partial charge in [0.25, 0.3) is 0 Å². The van der Waals surface area contributed by atoms with Crippen LogP contribution in [0.25, 0.3) is 0 Å². The summed E-state index contributed by atoms with van der Waals surface area (Å²) in [6.45, 7) is 2.92. The lowest BCUT2D eigenvalue weighted by Crippen LogP contribution is -2.28. The fraction of sp³-hybridized carbons (Fsp3) is 0.400. The maximum Gasteiger partial charge on any atom is 0.246 e. The second kappa shape index (κ2) is 7.01. The number of ether oxygens (including phenoxy) is 2. The van der Waals surface area contributed by atoms with Crippen molar-refractivity contribution >= 4 is 10.0 Å². The van der Waals surface area contributed by atoms with Crippen LogP contribution in [0.5, 0.6) is 11.5 Å². The highest BCUT2D eigenvalue weighted by Crippen LogP contribution is 2.30. The van der Waals surface area contributed by atoms with Crippen molar-refractivity contribution in [1.29, 1.82) is 0 Å². The molecule has 1 heterocycles. The van der Waals surface area contributed by atoms with E-state index in [4.69, 9.17) is 9.47 Å². The average molecular weight is 339 g/mol. The van der Waals surface area contributed by atoms with E-state index >= 15 is 0 Å². The highest BCUT2D eigenvalue weighted by Gasteiger charge is 2.26. The number of methoxy groups -OCH3 is 2. The standard InChI is InChI=1S/C15H21N3O4S/c1-5-18-11-16-9-12(18)10-17(2)23(19,20)15-8-13(21-3)6-7-14(15)22-4/h6-9,11H,5,10H2,1-4H3. The van der Waals surface area contributed by atoms with Gasteiger partial charge in [-0.1, -0.05) is 0 Å². The summed E-state index contributed by atoms with van der Waals surface area (Å²) in [5.74, 6) is 0.734. The van der Waals surface area contributed by atoms with Gasteiger partial charge >= 0.3 is 0 Å². The van der Waals surface area contributed by atoms with Crippen LogP contribution in [0.4, 0.5) is 0 Å². The molecule has 0 bridgehead atoms. The van der Waals surface area contributed by atoms with Gasteiger partial charge in [-0.3, -0.25) is 0 Å². The van der Waals surface area contributed by atoms with Gasteiger partial charge in [-0.25, -0.2) is 13.4 Å². The molecule has 0 atom stereocenters. The van der Waals surface area contributed by atoms with Crippen LogP contribution in [-0.4, -0.2) is 43.5 Å². The molecule has 0 N–H and O–H groups in total. The molecule has 0 radical (unpaired) electrons.